The second-order valence-electron chi connectivity index (χ2n) is 20.6. The van der Waals surface area contributed by atoms with Gasteiger partial charge in [0.25, 0.3) is 0 Å². The van der Waals surface area contributed by atoms with Crippen LogP contribution >= 0.6 is 0 Å². The summed E-state index contributed by atoms with van der Waals surface area (Å²) in [6.07, 6.45) is 8.89. The van der Waals surface area contributed by atoms with Crippen molar-refractivity contribution in [2.24, 2.45) is 45.3 Å². The molecule has 0 amide bonds. The van der Waals surface area contributed by atoms with E-state index in [4.69, 9.17) is 4.74 Å². The van der Waals surface area contributed by atoms with Crippen molar-refractivity contribution in [3.8, 4) is 5.75 Å². The van der Waals surface area contributed by atoms with Gasteiger partial charge in [0.1, 0.15) is 17.6 Å². The quantitative estimate of drug-likeness (QED) is 0.148. The third-order valence-corrected chi connectivity index (χ3v) is 16.4. The average molecular weight is 747 g/mol. The highest BCUT2D eigenvalue weighted by Crippen LogP contribution is 2.75. The third-order valence-electron chi connectivity index (χ3n) is 16.4. The van der Waals surface area contributed by atoms with E-state index in [9.17, 15) is 24.9 Å². The number of aliphatic hydroxyl groups is 2. The van der Waals surface area contributed by atoms with Crippen LogP contribution in [-0.4, -0.2) is 70.4 Å². The van der Waals surface area contributed by atoms with Crippen LogP contribution in [0, 0.1) is 45.3 Å². The molecule has 4 saturated carbocycles. The van der Waals surface area contributed by atoms with Crippen molar-refractivity contribution in [1.29, 1.82) is 0 Å². The first-order chi connectivity index (χ1) is 25.3. The Bertz CT molecular complexity index is 1660. The normalized spacial score (nSPS) is 39.1. The molecule has 7 rings (SSSR count). The number of carbonyl (C=O) groups is 2. The van der Waals surface area contributed by atoms with E-state index in [1.54, 1.807) is 12.1 Å². The number of hydrogen-bond donors (Lipinski definition) is 5. The van der Waals surface area contributed by atoms with Gasteiger partial charge in [-0.25, -0.2) is 0 Å². The number of fused-ring (bicyclic) bond motifs is 5. The van der Waals surface area contributed by atoms with Crippen molar-refractivity contribution in [1.82, 2.24) is 10.6 Å². The number of rotatable bonds is 11. The van der Waals surface area contributed by atoms with E-state index in [0.29, 0.717) is 38.3 Å². The molecular weight excluding hydrogens is 677 g/mol. The number of allylic oxidation sites excluding steroid dienone is 2. The summed E-state index contributed by atoms with van der Waals surface area (Å²) in [5.74, 6) is 1.03. The van der Waals surface area contributed by atoms with E-state index in [1.807, 2.05) is 27.8 Å². The molecular formula is C46H70N2O6. The zero-order chi connectivity index (χ0) is 39.2. The number of ketones is 2. The molecule has 1 heterocycles. The van der Waals surface area contributed by atoms with Crippen LogP contribution in [0.3, 0.4) is 0 Å². The average Bonchev–Trinajstić information content (AvgIpc) is 3.65. The molecule has 8 nitrogen and oxygen atoms in total. The SMILES string of the molecule is CNCc1cc(O)cc([C@@H]2C[C@]3(C)[C@H]4CCC5=C([C@@H](C[C@@H](O)[C@@H]6OC6(C)C)C6CCCCC6)C(=O)C[C@]5(C)[C@]4(C)C[C@H](NC[C@H](C)O)[C@H]3C(C)(C)C2=O)c1. The van der Waals surface area contributed by atoms with Gasteiger partial charge in [0.05, 0.1) is 17.8 Å². The highest BCUT2D eigenvalue weighted by molar-refractivity contribution is 6.01. The largest absolute Gasteiger partial charge is 0.508 e. The van der Waals surface area contributed by atoms with Gasteiger partial charge in [-0.3, -0.25) is 9.59 Å². The summed E-state index contributed by atoms with van der Waals surface area (Å²) in [5.41, 5.74) is 2.35. The van der Waals surface area contributed by atoms with Gasteiger partial charge in [0.15, 0.2) is 5.78 Å². The molecule has 11 atom stereocenters. The standard InChI is InChI=1S/C46H70N2O6/c1-26(49)24-48-34-22-46(8)37(44(6)21-32(40(53)42(2,3)39(34)44)29-17-27(25-47-9)18-30(50)19-29)16-15-33-38(36(52)23-45(33,46)7)31(28-13-11-10-12-14-28)20-35(51)41-43(4,5)54-41/h17-19,26,28,31-32,34-35,37,39,41,47-51H,10-16,20-25H2,1-9H3/t26-,31-,32-,34-,35+,37+,39-,41-,44+,45-,46+/m0/s1. The summed E-state index contributed by atoms with van der Waals surface area (Å²) in [6.45, 7) is 18.5. The van der Waals surface area contributed by atoms with Crippen molar-refractivity contribution in [2.75, 3.05) is 13.6 Å². The molecule has 0 bridgehead atoms. The van der Waals surface area contributed by atoms with Crippen LogP contribution in [0.15, 0.2) is 29.3 Å². The number of benzene rings is 1. The highest BCUT2D eigenvalue weighted by atomic mass is 16.6. The molecule has 0 unspecified atom stereocenters. The molecule has 5 aliphatic carbocycles. The fourth-order valence-electron chi connectivity index (χ4n) is 14.1. The number of phenols is 1. The second-order valence-corrected chi connectivity index (χ2v) is 20.6. The van der Waals surface area contributed by atoms with Gasteiger partial charge >= 0.3 is 0 Å². The van der Waals surface area contributed by atoms with Crippen LogP contribution in [0.25, 0.3) is 0 Å². The van der Waals surface area contributed by atoms with Gasteiger partial charge in [0, 0.05) is 42.3 Å². The Labute approximate surface area is 324 Å². The maximum atomic E-state index is 14.8. The first-order valence-corrected chi connectivity index (χ1v) is 21.3. The lowest BCUT2D eigenvalue weighted by atomic mass is 9.34. The molecule has 1 aromatic carbocycles. The van der Waals surface area contributed by atoms with Gasteiger partial charge < -0.3 is 30.7 Å². The van der Waals surface area contributed by atoms with E-state index >= 15 is 0 Å². The smallest absolute Gasteiger partial charge is 0.160 e. The molecule has 8 heteroatoms. The van der Waals surface area contributed by atoms with Crippen molar-refractivity contribution >= 4 is 11.6 Å². The predicted molar refractivity (Wildman–Crippen MR) is 212 cm³/mol. The van der Waals surface area contributed by atoms with Crippen LogP contribution in [0.5, 0.6) is 5.75 Å². The number of nitrogens with one attached hydrogen (secondary N) is 2. The minimum Gasteiger partial charge on any atom is -0.508 e. The zero-order valence-corrected chi connectivity index (χ0v) is 34.7. The van der Waals surface area contributed by atoms with Gasteiger partial charge in [-0.2, -0.15) is 0 Å². The Morgan fingerprint density at radius 1 is 0.944 bits per heavy atom. The Kier molecular flexibility index (Phi) is 10.5. The fraction of sp³-hybridized carbons (Fsp3) is 0.783. The number of epoxide rings is 1. The topological polar surface area (TPSA) is 131 Å². The summed E-state index contributed by atoms with van der Waals surface area (Å²) in [5, 5.41) is 40.0. The lowest BCUT2D eigenvalue weighted by Gasteiger charge is -2.70. The lowest BCUT2D eigenvalue weighted by Crippen LogP contribution is -2.69. The van der Waals surface area contributed by atoms with E-state index in [0.717, 1.165) is 48.8 Å². The molecule has 1 aliphatic heterocycles. The Morgan fingerprint density at radius 3 is 2.26 bits per heavy atom. The number of hydrogen-bond acceptors (Lipinski definition) is 8. The van der Waals surface area contributed by atoms with E-state index in [1.165, 1.54) is 24.8 Å². The Hall–Kier alpha value is -2.10. The minimum absolute atomic E-state index is 0.0254. The summed E-state index contributed by atoms with van der Waals surface area (Å²) in [4.78, 5) is 29.6. The number of ether oxygens (including phenoxy) is 1. The van der Waals surface area contributed by atoms with Gasteiger partial charge in [-0.1, -0.05) is 65.5 Å². The summed E-state index contributed by atoms with van der Waals surface area (Å²) in [6, 6.07) is 5.64. The fourth-order valence-corrected chi connectivity index (χ4v) is 14.1. The summed E-state index contributed by atoms with van der Waals surface area (Å²) >= 11 is 0. The number of phenolic OH excluding ortho intramolecular Hbond substituents is 1. The molecule has 1 aromatic rings. The highest BCUT2D eigenvalue weighted by Gasteiger charge is 2.71. The summed E-state index contributed by atoms with van der Waals surface area (Å²) < 4.78 is 5.94. The number of aromatic hydroxyl groups is 1. The van der Waals surface area contributed by atoms with E-state index in [-0.39, 0.29) is 75.0 Å². The Morgan fingerprint density at radius 2 is 1.63 bits per heavy atom. The van der Waals surface area contributed by atoms with Crippen LogP contribution in [0.2, 0.25) is 0 Å². The molecule has 0 spiro atoms. The van der Waals surface area contributed by atoms with Gasteiger partial charge in [0.2, 0.25) is 0 Å². The number of aliphatic hydroxyl groups excluding tert-OH is 2. The summed E-state index contributed by atoms with van der Waals surface area (Å²) in [7, 11) is 1.89. The van der Waals surface area contributed by atoms with Crippen LogP contribution in [0.4, 0.5) is 0 Å². The first-order valence-electron chi connectivity index (χ1n) is 21.3. The minimum atomic E-state index is -0.668. The maximum absolute atomic E-state index is 14.8. The molecule has 300 valence electrons. The molecule has 5 N–H and O–H groups in total. The molecule has 5 fully saturated rings. The van der Waals surface area contributed by atoms with Crippen LogP contribution in [-0.2, 0) is 20.9 Å². The number of carbonyl (C=O) groups excluding carboxylic acids is 2. The van der Waals surface area contributed by atoms with Crippen LogP contribution in [0.1, 0.15) is 143 Å². The van der Waals surface area contributed by atoms with E-state index < -0.39 is 17.6 Å². The molecule has 0 radical (unpaired) electrons. The monoisotopic (exact) mass is 747 g/mol. The lowest BCUT2D eigenvalue weighted by molar-refractivity contribution is -0.193. The molecule has 0 aromatic heterocycles. The predicted octanol–water partition coefficient (Wildman–Crippen LogP) is 7.38. The first kappa shape index (κ1) is 40.1. The van der Waals surface area contributed by atoms with Crippen molar-refractivity contribution in [2.45, 2.75) is 168 Å². The second kappa shape index (κ2) is 14.1. The molecule has 1 saturated heterocycles. The Balaban J connectivity index is 1.32. The van der Waals surface area contributed by atoms with Crippen LogP contribution < -0.4 is 10.6 Å². The van der Waals surface area contributed by atoms with Crippen molar-refractivity contribution in [3.05, 3.63) is 40.5 Å². The number of Topliss-reactive ketones (excluding diaryl/α,β-unsaturated/α-hetero) is 2. The third kappa shape index (κ3) is 6.46. The van der Waals surface area contributed by atoms with Crippen molar-refractivity contribution < 1.29 is 29.6 Å². The van der Waals surface area contributed by atoms with Gasteiger partial charge in [-0.15, -0.1) is 0 Å². The van der Waals surface area contributed by atoms with Gasteiger partial charge in [-0.05, 0) is 136 Å². The van der Waals surface area contributed by atoms with Crippen molar-refractivity contribution in [3.63, 3.8) is 0 Å². The van der Waals surface area contributed by atoms with E-state index in [2.05, 4.69) is 51.3 Å². The maximum Gasteiger partial charge on any atom is 0.160 e. The molecule has 54 heavy (non-hydrogen) atoms. The molecule has 6 aliphatic rings. The zero-order valence-electron chi connectivity index (χ0n) is 34.7.